The Labute approximate surface area is 47.6 Å². The predicted molar refractivity (Wildman–Crippen MR) is 25.2 cm³/mol. The normalized spacial score (nSPS) is 12.0. The van der Waals surface area contributed by atoms with Gasteiger partial charge >= 0.3 is 47.0 Å². The van der Waals surface area contributed by atoms with Crippen LogP contribution in [-0.2, 0) is 3.76 Å². The van der Waals surface area contributed by atoms with Gasteiger partial charge in [-0.2, -0.15) is 0 Å². The average Bonchev–Trinajstić information content (AvgIpc) is 1.35. The molecule has 0 bridgehead atoms. The molecule has 0 aromatic heterocycles. The molecule has 0 N–H and O–H groups in total. The molecule has 0 fully saturated rings. The van der Waals surface area contributed by atoms with Gasteiger partial charge in [0, 0.05) is 0 Å². The van der Waals surface area contributed by atoms with Crippen molar-refractivity contribution in [3.05, 3.63) is 6.92 Å². The zero-order valence-corrected chi connectivity index (χ0v) is 6.08. The van der Waals surface area contributed by atoms with E-state index < -0.39 is 5.60 Å². The summed E-state index contributed by atoms with van der Waals surface area (Å²) < 4.78 is 4.72. The van der Waals surface area contributed by atoms with Crippen LogP contribution in [0, 0.1) is 6.92 Å². The van der Waals surface area contributed by atoms with Gasteiger partial charge in [0.25, 0.3) is 0 Å². The Morgan fingerprint density at radius 3 is 1.83 bits per heavy atom. The van der Waals surface area contributed by atoms with Crippen LogP contribution in [0.5, 0.6) is 0 Å². The fourth-order valence-corrected chi connectivity index (χ4v) is 0. The second-order valence-corrected chi connectivity index (χ2v) is 2.13. The van der Waals surface area contributed by atoms with E-state index in [1.165, 1.54) is 0 Å². The SMILES string of the molecule is [CH]C(C)(C)[O][Ge]. The van der Waals surface area contributed by atoms with Crippen LogP contribution >= 0.6 is 0 Å². The standard InChI is InChI=1S/C4H7GeO/c1-4(2,3)6-5/h1H,2-3H3. The van der Waals surface area contributed by atoms with Gasteiger partial charge in [-0.05, 0) is 0 Å². The molecule has 0 amide bonds. The molecule has 0 atom stereocenters. The van der Waals surface area contributed by atoms with Gasteiger partial charge in [0.2, 0.25) is 0 Å². The molecule has 1 nitrogen and oxygen atoms in total. The molecule has 0 spiro atoms. The van der Waals surface area contributed by atoms with E-state index in [1.54, 1.807) is 30.7 Å². The fourth-order valence-electron chi connectivity index (χ4n) is 0. The molecule has 0 unspecified atom stereocenters. The first-order chi connectivity index (χ1) is 2.56. The van der Waals surface area contributed by atoms with E-state index in [1.807, 2.05) is 0 Å². The summed E-state index contributed by atoms with van der Waals surface area (Å²) >= 11 is 1.58. The van der Waals surface area contributed by atoms with Gasteiger partial charge in [0.1, 0.15) is 0 Å². The Bertz CT molecular complexity index is 37.3. The summed E-state index contributed by atoms with van der Waals surface area (Å²) in [7, 11) is 0. The van der Waals surface area contributed by atoms with E-state index in [0.717, 1.165) is 0 Å². The van der Waals surface area contributed by atoms with E-state index in [0.29, 0.717) is 0 Å². The van der Waals surface area contributed by atoms with E-state index >= 15 is 0 Å². The minimum absolute atomic E-state index is 0.458. The van der Waals surface area contributed by atoms with Crippen molar-refractivity contribution >= 4 is 16.9 Å². The van der Waals surface area contributed by atoms with Crippen LogP contribution in [0.2, 0.25) is 0 Å². The molecule has 0 heterocycles. The molecule has 0 aliphatic heterocycles. The molecule has 2 heteroatoms. The van der Waals surface area contributed by atoms with Gasteiger partial charge in [-0.1, -0.05) is 0 Å². The molecule has 0 aromatic carbocycles. The summed E-state index contributed by atoms with van der Waals surface area (Å²) in [5, 5.41) is 0. The summed E-state index contributed by atoms with van der Waals surface area (Å²) in [6.45, 7) is 8.91. The van der Waals surface area contributed by atoms with Gasteiger partial charge in [-0.25, -0.2) is 0 Å². The Morgan fingerprint density at radius 1 is 1.67 bits per heavy atom. The summed E-state index contributed by atoms with van der Waals surface area (Å²) in [6.07, 6.45) is 0. The third kappa shape index (κ3) is 4.50. The van der Waals surface area contributed by atoms with Crippen LogP contribution in [0.4, 0.5) is 0 Å². The maximum atomic E-state index is 5.31. The summed E-state index contributed by atoms with van der Waals surface area (Å²) in [6, 6.07) is 0. The van der Waals surface area contributed by atoms with E-state index in [4.69, 9.17) is 10.7 Å². The predicted octanol–water partition coefficient (Wildman–Crippen LogP) is 0.576. The van der Waals surface area contributed by atoms with Crippen molar-refractivity contribution < 1.29 is 3.76 Å². The van der Waals surface area contributed by atoms with Crippen LogP contribution in [0.15, 0.2) is 0 Å². The van der Waals surface area contributed by atoms with Crippen molar-refractivity contribution in [3.8, 4) is 0 Å². The molecule has 5 radical (unpaired) electrons. The van der Waals surface area contributed by atoms with Crippen LogP contribution in [-0.4, -0.2) is 22.5 Å². The molecule has 0 aromatic rings. The molecule has 33 valence electrons. The summed E-state index contributed by atoms with van der Waals surface area (Å²) in [5.74, 6) is 0. The first-order valence-corrected chi connectivity index (χ1v) is 2.55. The van der Waals surface area contributed by atoms with Gasteiger partial charge in [-0.15, -0.1) is 0 Å². The molecule has 6 heavy (non-hydrogen) atoms. The Kier molecular flexibility index (Phi) is 2.15. The third-order valence-electron chi connectivity index (χ3n) is 0.263. The number of hydrogen-bond donors (Lipinski definition) is 0. The van der Waals surface area contributed by atoms with Gasteiger partial charge < -0.3 is 0 Å². The molecule has 0 saturated carbocycles. The fraction of sp³-hybridized carbons (Fsp3) is 0.750. The summed E-state index contributed by atoms with van der Waals surface area (Å²) in [5.41, 5.74) is -0.458. The van der Waals surface area contributed by atoms with Gasteiger partial charge in [-0.3, -0.25) is 0 Å². The number of rotatable bonds is 1. The molecular weight excluding hydrogens is 137 g/mol. The van der Waals surface area contributed by atoms with Crippen molar-refractivity contribution in [2.24, 2.45) is 0 Å². The summed E-state index contributed by atoms with van der Waals surface area (Å²) in [4.78, 5) is 0. The van der Waals surface area contributed by atoms with E-state index in [9.17, 15) is 0 Å². The van der Waals surface area contributed by atoms with Gasteiger partial charge in [0.15, 0.2) is 0 Å². The van der Waals surface area contributed by atoms with E-state index in [2.05, 4.69) is 0 Å². The Hall–Kier alpha value is 0.503. The molecule has 0 saturated heterocycles. The van der Waals surface area contributed by atoms with E-state index in [-0.39, 0.29) is 0 Å². The van der Waals surface area contributed by atoms with Crippen LogP contribution < -0.4 is 0 Å². The zero-order valence-electron chi connectivity index (χ0n) is 3.99. The first-order valence-electron chi connectivity index (χ1n) is 1.70. The minimum atomic E-state index is -0.458. The second-order valence-electron chi connectivity index (χ2n) is 1.71. The van der Waals surface area contributed by atoms with Crippen molar-refractivity contribution in [1.29, 1.82) is 0 Å². The van der Waals surface area contributed by atoms with Crippen LogP contribution in [0.25, 0.3) is 0 Å². The molecule has 0 rings (SSSR count). The molecule has 0 aliphatic rings. The third-order valence-corrected chi connectivity index (χ3v) is 1.37. The van der Waals surface area contributed by atoms with Crippen molar-refractivity contribution in [3.63, 3.8) is 0 Å². The Balaban J connectivity index is 3.17. The Morgan fingerprint density at radius 2 is 1.83 bits per heavy atom. The van der Waals surface area contributed by atoms with Crippen molar-refractivity contribution in [2.45, 2.75) is 19.4 Å². The van der Waals surface area contributed by atoms with Gasteiger partial charge in [0.05, 0.1) is 0 Å². The second kappa shape index (κ2) is 1.98. The topological polar surface area (TPSA) is 9.23 Å². The van der Waals surface area contributed by atoms with Crippen LogP contribution in [0.3, 0.4) is 0 Å². The van der Waals surface area contributed by atoms with Crippen molar-refractivity contribution in [1.82, 2.24) is 0 Å². The van der Waals surface area contributed by atoms with Crippen LogP contribution in [0.1, 0.15) is 13.8 Å². The molecule has 0 aliphatic carbocycles. The van der Waals surface area contributed by atoms with Crippen molar-refractivity contribution in [2.75, 3.05) is 0 Å². The monoisotopic (exact) mass is 145 g/mol. The first kappa shape index (κ1) is 6.50. The zero-order chi connectivity index (χ0) is 5.21. The maximum absolute atomic E-state index is 5.31. The average molecular weight is 144 g/mol. The molecular formula is C4H7GeO. The quantitative estimate of drug-likeness (QED) is 0.488. The number of hydrogen-bond acceptors (Lipinski definition) is 1.